The molecule has 1 unspecified atom stereocenters. The molecule has 3 aliphatic rings. The molecule has 0 saturated carbocycles. The lowest BCUT2D eigenvalue weighted by molar-refractivity contribution is -0.0289. The molecule has 2 aromatic rings. The fourth-order valence-corrected chi connectivity index (χ4v) is 4.43. The van der Waals surface area contributed by atoms with Crippen LogP contribution >= 0.6 is 11.3 Å². The fourth-order valence-electron chi connectivity index (χ4n) is 3.58. The first-order valence-corrected chi connectivity index (χ1v) is 9.10. The van der Waals surface area contributed by atoms with Crippen molar-refractivity contribution in [1.82, 2.24) is 4.90 Å². The molecule has 24 heavy (non-hydrogen) atoms. The molecular weight excluding hydrogens is 327 g/mol. The molecular formula is C18H19FN2O2S. The van der Waals surface area contributed by atoms with E-state index >= 15 is 0 Å². The molecule has 0 spiro atoms. The summed E-state index contributed by atoms with van der Waals surface area (Å²) in [6.07, 6.45) is 1.75. The highest BCUT2D eigenvalue weighted by molar-refractivity contribution is 7.14. The zero-order valence-corrected chi connectivity index (χ0v) is 14.0. The Bertz CT molecular complexity index is 740. The zero-order chi connectivity index (χ0) is 16.5. The minimum absolute atomic E-state index is 0.0243. The summed E-state index contributed by atoms with van der Waals surface area (Å²) in [5, 5.41) is 4.70. The van der Waals surface area contributed by atoms with Gasteiger partial charge in [-0.1, -0.05) is 12.1 Å². The third-order valence-electron chi connectivity index (χ3n) is 4.84. The molecule has 3 fully saturated rings. The highest BCUT2D eigenvalue weighted by atomic mass is 32.1. The average molecular weight is 346 g/mol. The first-order chi connectivity index (χ1) is 11.7. The number of anilines is 1. The van der Waals surface area contributed by atoms with Gasteiger partial charge in [-0.2, -0.15) is 0 Å². The number of hydrogen-bond donors (Lipinski definition) is 1. The van der Waals surface area contributed by atoms with Gasteiger partial charge in [0.1, 0.15) is 11.9 Å². The van der Waals surface area contributed by atoms with Gasteiger partial charge in [-0.3, -0.25) is 10.2 Å². The second-order valence-corrected chi connectivity index (χ2v) is 7.30. The van der Waals surface area contributed by atoms with E-state index in [1.54, 1.807) is 6.07 Å². The number of carbonyl (C=O) groups excluding carboxylic acids is 1. The summed E-state index contributed by atoms with van der Waals surface area (Å²) in [6.45, 7) is 3.05. The Hall–Kier alpha value is -1.92. The van der Waals surface area contributed by atoms with Gasteiger partial charge in [-0.05, 0) is 61.0 Å². The highest BCUT2D eigenvalue weighted by Gasteiger charge is 2.36. The first kappa shape index (κ1) is 15.6. The summed E-state index contributed by atoms with van der Waals surface area (Å²) in [6, 6.07) is 8.20. The number of nitrogens with zero attached hydrogens (tertiary/aromatic N) is 1. The molecule has 5 rings (SSSR count). The van der Waals surface area contributed by atoms with Gasteiger partial charge in [0.15, 0.2) is 0 Å². The van der Waals surface area contributed by atoms with E-state index in [1.807, 2.05) is 17.5 Å². The summed E-state index contributed by atoms with van der Waals surface area (Å²) in [4.78, 5) is 15.5. The predicted molar refractivity (Wildman–Crippen MR) is 92.8 cm³/mol. The fraction of sp³-hybridized carbons (Fsp3) is 0.389. The van der Waals surface area contributed by atoms with Crippen molar-refractivity contribution in [3.63, 3.8) is 0 Å². The SMILES string of the molecule is O=C(Nc1ccsc1-c1cccc(F)c1)OC1CN2CCC1CC2. The summed E-state index contributed by atoms with van der Waals surface area (Å²) in [5.74, 6) is 0.188. The van der Waals surface area contributed by atoms with Gasteiger partial charge in [0, 0.05) is 6.54 Å². The number of piperidine rings is 3. The number of amides is 1. The largest absolute Gasteiger partial charge is 0.444 e. The number of rotatable bonds is 3. The van der Waals surface area contributed by atoms with Crippen LogP contribution in [0.25, 0.3) is 10.4 Å². The summed E-state index contributed by atoms with van der Waals surface area (Å²) >= 11 is 1.47. The van der Waals surface area contributed by atoms with Crippen molar-refractivity contribution in [2.24, 2.45) is 5.92 Å². The van der Waals surface area contributed by atoms with Crippen LogP contribution in [0.3, 0.4) is 0 Å². The van der Waals surface area contributed by atoms with Crippen LogP contribution in [-0.4, -0.2) is 36.7 Å². The maximum atomic E-state index is 13.4. The van der Waals surface area contributed by atoms with Crippen molar-refractivity contribution in [2.75, 3.05) is 25.0 Å². The quantitative estimate of drug-likeness (QED) is 0.906. The monoisotopic (exact) mass is 346 g/mol. The lowest BCUT2D eigenvalue weighted by Crippen LogP contribution is -2.52. The van der Waals surface area contributed by atoms with Gasteiger partial charge < -0.3 is 4.74 Å². The molecule has 126 valence electrons. The van der Waals surface area contributed by atoms with Gasteiger partial charge in [0.2, 0.25) is 0 Å². The van der Waals surface area contributed by atoms with E-state index in [0.29, 0.717) is 11.6 Å². The lowest BCUT2D eigenvalue weighted by Gasteiger charge is -2.43. The minimum atomic E-state index is -0.426. The molecule has 0 radical (unpaired) electrons. The lowest BCUT2D eigenvalue weighted by atomic mass is 9.86. The molecule has 0 aliphatic carbocycles. The summed E-state index contributed by atoms with van der Waals surface area (Å²) < 4.78 is 19.1. The Morgan fingerprint density at radius 1 is 1.29 bits per heavy atom. The van der Waals surface area contributed by atoms with E-state index in [-0.39, 0.29) is 11.9 Å². The van der Waals surface area contributed by atoms with Crippen molar-refractivity contribution in [1.29, 1.82) is 0 Å². The Morgan fingerprint density at radius 3 is 2.83 bits per heavy atom. The van der Waals surface area contributed by atoms with Gasteiger partial charge in [-0.15, -0.1) is 11.3 Å². The Kier molecular flexibility index (Phi) is 4.24. The van der Waals surface area contributed by atoms with Gasteiger partial charge in [0.25, 0.3) is 0 Å². The highest BCUT2D eigenvalue weighted by Crippen LogP contribution is 2.34. The molecule has 4 heterocycles. The Morgan fingerprint density at radius 2 is 2.12 bits per heavy atom. The normalized spacial score (nSPS) is 25.5. The molecule has 3 saturated heterocycles. The van der Waals surface area contributed by atoms with Crippen molar-refractivity contribution in [3.8, 4) is 10.4 Å². The Labute approximate surface area is 144 Å². The second-order valence-electron chi connectivity index (χ2n) is 6.38. The van der Waals surface area contributed by atoms with Crippen molar-refractivity contribution in [3.05, 3.63) is 41.5 Å². The number of thiophene rings is 1. The van der Waals surface area contributed by atoms with E-state index in [4.69, 9.17) is 4.74 Å². The topological polar surface area (TPSA) is 41.6 Å². The average Bonchev–Trinajstić information content (AvgIpc) is 3.04. The molecule has 3 aliphatic heterocycles. The minimum Gasteiger partial charge on any atom is -0.444 e. The predicted octanol–water partition coefficient (Wildman–Crippen LogP) is 4.20. The van der Waals surface area contributed by atoms with Crippen LogP contribution < -0.4 is 5.32 Å². The molecule has 4 nitrogen and oxygen atoms in total. The van der Waals surface area contributed by atoms with Crippen molar-refractivity contribution in [2.45, 2.75) is 18.9 Å². The van der Waals surface area contributed by atoms with Crippen LogP contribution in [0, 0.1) is 11.7 Å². The smallest absolute Gasteiger partial charge is 0.411 e. The van der Waals surface area contributed by atoms with Crippen LogP contribution in [0.5, 0.6) is 0 Å². The van der Waals surface area contributed by atoms with Crippen LogP contribution in [0.2, 0.25) is 0 Å². The molecule has 1 amide bonds. The van der Waals surface area contributed by atoms with Crippen LogP contribution in [0.4, 0.5) is 14.9 Å². The van der Waals surface area contributed by atoms with E-state index in [2.05, 4.69) is 10.2 Å². The molecule has 6 heteroatoms. The van der Waals surface area contributed by atoms with Crippen LogP contribution in [0.1, 0.15) is 12.8 Å². The number of hydrogen-bond acceptors (Lipinski definition) is 4. The van der Waals surface area contributed by atoms with E-state index < -0.39 is 6.09 Å². The first-order valence-electron chi connectivity index (χ1n) is 8.22. The van der Waals surface area contributed by atoms with E-state index in [1.165, 1.54) is 23.5 Å². The third kappa shape index (κ3) is 3.16. The standard InChI is InChI=1S/C18H19FN2O2S/c19-14-3-1-2-13(10-14)17-15(6-9-24-17)20-18(22)23-16-11-21-7-4-12(16)5-8-21/h1-3,6,9-10,12,16H,4-5,7-8,11H2,(H,20,22). The number of fused-ring (bicyclic) bond motifs is 3. The number of nitrogens with one attached hydrogen (secondary N) is 1. The van der Waals surface area contributed by atoms with Gasteiger partial charge in [-0.25, -0.2) is 9.18 Å². The van der Waals surface area contributed by atoms with Crippen molar-refractivity contribution < 1.29 is 13.9 Å². The van der Waals surface area contributed by atoms with Crippen LogP contribution in [0.15, 0.2) is 35.7 Å². The number of ether oxygens (including phenoxy) is 1. The van der Waals surface area contributed by atoms with Gasteiger partial charge >= 0.3 is 6.09 Å². The molecule has 1 atom stereocenters. The number of carbonyl (C=O) groups is 1. The number of halogens is 1. The van der Waals surface area contributed by atoms with E-state index in [0.717, 1.165) is 42.9 Å². The molecule has 1 N–H and O–H groups in total. The van der Waals surface area contributed by atoms with Crippen LogP contribution in [-0.2, 0) is 4.74 Å². The Balaban J connectivity index is 1.44. The second kappa shape index (κ2) is 6.53. The molecule has 2 bridgehead atoms. The maximum absolute atomic E-state index is 13.4. The van der Waals surface area contributed by atoms with Crippen molar-refractivity contribution >= 4 is 23.1 Å². The van der Waals surface area contributed by atoms with Gasteiger partial charge in [0.05, 0.1) is 10.6 Å². The molecule has 1 aromatic carbocycles. The molecule has 1 aromatic heterocycles. The maximum Gasteiger partial charge on any atom is 0.411 e. The van der Waals surface area contributed by atoms with E-state index in [9.17, 15) is 9.18 Å². The number of benzene rings is 1. The third-order valence-corrected chi connectivity index (χ3v) is 5.81. The summed E-state index contributed by atoms with van der Waals surface area (Å²) in [7, 11) is 0. The zero-order valence-electron chi connectivity index (χ0n) is 13.2. The summed E-state index contributed by atoms with van der Waals surface area (Å²) in [5.41, 5.74) is 1.42.